The molecule has 0 saturated carbocycles. The average Bonchev–Trinajstić information content (AvgIpc) is 2.82. The minimum atomic E-state index is -1.60. The van der Waals surface area contributed by atoms with Gasteiger partial charge in [0.25, 0.3) is 0 Å². The molecular weight excluding hydrogens is 410 g/mol. The quantitative estimate of drug-likeness (QED) is 0.237. The lowest BCUT2D eigenvalue weighted by Gasteiger charge is -2.33. The second-order valence-corrected chi connectivity index (χ2v) is 7.25. The van der Waals surface area contributed by atoms with Crippen LogP contribution in [0.5, 0.6) is 0 Å². The van der Waals surface area contributed by atoms with E-state index < -0.39 is 11.9 Å². The fourth-order valence-corrected chi connectivity index (χ4v) is 2.90. The molecule has 3 amide bonds. The third-order valence-electron chi connectivity index (χ3n) is 4.69. The maximum atomic E-state index is 12.5. The molecule has 0 spiro atoms. The Hall–Kier alpha value is -3.39. The summed E-state index contributed by atoms with van der Waals surface area (Å²) < 4.78 is 11.2. The van der Waals surface area contributed by atoms with Gasteiger partial charge in [0.1, 0.15) is 6.61 Å². The van der Waals surface area contributed by atoms with Crippen LogP contribution in [0.15, 0.2) is 60.7 Å². The molecule has 0 heterocycles. The van der Waals surface area contributed by atoms with Gasteiger partial charge in [0, 0.05) is 19.4 Å². The Kier molecular flexibility index (Phi) is 10.7. The van der Waals surface area contributed by atoms with Crippen LogP contribution in [-0.2, 0) is 32.3 Å². The van der Waals surface area contributed by atoms with Gasteiger partial charge < -0.3 is 20.1 Å². The highest BCUT2D eigenvalue weighted by atomic mass is 16.6. The molecule has 0 bridgehead atoms. The van der Waals surface area contributed by atoms with Crippen molar-refractivity contribution >= 4 is 18.4 Å². The maximum absolute atomic E-state index is 12.5. The minimum absolute atomic E-state index is 0.0248. The first-order valence-electron chi connectivity index (χ1n) is 10.7. The molecule has 0 aliphatic heterocycles. The molecule has 3 N–H and O–H groups in total. The van der Waals surface area contributed by atoms with Crippen LogP contribution < -0.4 is 16.0 Å². The topological polar surface area (TPSA) is 106 Å². The van der Waals surface area contributed by atoms with Crippen molar-refractivity contribution in [2.75, 3.05) is 6.54 Å². The van der Waals surface area contributed by atoms with Crippen molar-refractivity contribution in [1.29, 1.82) is 0 Å². The van der Waals surface area contributed by atoms with Crippen LogP contribution in [0, 0.1) is 0 Å². The van der Waals surface area contributed by atoms with Crippen LogP contribution in [0.1, 0.15) is 43.7 Å². The van der Waals surface area contributed by atoms with E-state index in [1.165, 1.54) is 0 Å². The lowest BCUT2D eigenvalue weighted by Crippen LogP contribution is -2.60. The van der Waals surface area contributed by atoms with Crippen molar-refractivity contribution in [3.8, 4) is 0 Å². The molecule has 172 valence electrons. The van der Waals surface area contributed by atoms with Crippen LogP contribution >= 0.6 is 0 Å². The fourth-order valence-electron chi connectivity index (χ4n) is 2.90. The van der Waals surface area contributed by atoms with Gasteiger partial charge in [-0.15, -0.1) is 0 Å². The largest absolute Gasteiger partial charge is 0.445 e. The molecular formula is C24H31N3O5. The molecule has 2 aromatic rings. The highest BCUT2D eigenvalue weighted by molar-refractivity contribution is 5.76. The number of ether oxygens (including phenoxy) is 2. The lowest BCUT2D eigenvalue weighted by molar-refractivity contribution is -0.138. The summed E-state index contributed by atoms with van der Waals surface area (Å²) in [5, 5.41) is 7.93. The maximum Gasteiger partial charge on any atom is 0.411 e. The zero-order valence-corrected chi connectivity index (χ0v) is 18.3. The summed E-state index contributed by atoms with van der Waals surface area (Å²) in [6.45, 7) is 2.77. The summed E-state index contributed by atoms with van der Waals surface area (Å²) in [6.07, 6.45) is 1.55. The van der Waals surface area contributed by atoms with E-state index in [-0.39, 0.29) is 32.0 Å². The van der Waals surface area contributed by atoms with Crippen LogP contribution in [0.25, 0.3) is 0 Å². The highest BCUT2D eigenvalue weighted by Gasteiger charge is 2.34. The molecule has 2 aromatic carbocycles. The van der Waals surface area contributed by atoms with E-state index in [4.69, 9.17) is 9.47 Å². The Morgan fingerprint density at radius 1 is 0.969 bits per heavy atom. The molecule has 1 atom stereocenters. The summed E-state index contributed by atoms with van der Waals surface area (Å²) >= 11 is 0. The van der Waals surface area contributed by atoms with E-state index in [0.29, 0.717) is 13.0 Å². The number of carbonyl (C=O) groups excluding carboxylic acids is 3. The van der Waals surface area contributed by atoms with E-state index in [1.807, 2.05) is 67.6 Å². The van der Waals surface area contributed by atoms with E-state index >= 15 is 0 Å². The number of carbonyl (C=O) groups is 3. The number of alkyl carbamates (subject to hydrolysis) is 1. The number of hydrogen-bond acceptors (Lipinski definition) is 5. The molecule has 2 rings (SSSR count). The van der Waals surface area contributed by atoms with E-state index in [0.717, 1.165) is 24.0 Å². The summed E-state index contributed by atoms with van der Waals surface area (Å²) in [5.74, 6) is -1.80. The smallest absolute Gasteiger partial charge is 0.411 e. The fraction of sp³-hybridized carbons (Fsp3) is 0.375. The Morgan fingerprint density at radius 2 is 1.59 bits per heavy atom. The predicted molar refractivity (Wildman–Crippen MR) is 120 cm³/mol. The standard InChI is InChI=1S/C24H31N3O5/c1-2-3-16-25-22(29)14-15-24(26-19-28,32-18-21-12-8-5-9-13-21)27-23(30)31-17-20-10-6-4-7-11-20/h4-13,19H,2-3,14-18H2,1H3,(H,25,29)(H,26,28)(H,27,30). The molecule has 0 aliphatic carbocycles. The van der Waals surface area contributed by atoms with Crippen molar-refractivity contribution < 1.29 is 23.9 Å². The van der Waals surface area contributed by atoms with E-state index in [2.05, 4.69) is 16.0 Å². The van der Waals surface area contributed by atoms with E-state index in [1.54, 1.807) is 0 Å². The van der Waals surface area contributed by atoms with Crippen LogP contribution in [0.4, 0.5) is 4.79 Å². The van der Waals surface area contributed by atoms with Gasteiger partial charge in [0.2, 0.25) is 18.2 Å². The Morgan fingerprint density at radius 3 is 2.19 bits per heavy atom. The minimum Gasteiger partial charge on any atom is -0.445 e. The molecule has 1 unspecified atom stereocenters. The predicted octanol–water partition coefficient (Wildman–Crippen LogP) is 3.23. The average molecular weight is 442 g/mol. The molecule has 8 nitrogen and oxygen atoms in total. The van der Waals surface area contributed by atoms with Crippen molar-refractivity contribution in [2.45, 2.75) is 51.7 Å². The Balaban J connectivity index is 2.05. The third kappa shape index (κ3) is 9.18. The number of amides is 3. The SMILES string of the molecule is CCCCNC(=O)CCC(NC=O)(NC(=O)OCc1ccccc1)OCc1ccccc1. The van der Waals surface area contributed by atoms with Gasteiger partial charge in [-0.25, -0.2) is 4.79 Å². The highest BCUT2D eigenvalue weighted by Crippen LogP contribution is 2.16. The normalized spacial score (nSPS) is 12.3. The molecule has 0 aromatic heterocycles. The second kappa shape index (κ2) is 13.8. The van der Waals surface area contributed by atoms with Gasteiger partial charge >= 0.3 is 6.09 Å². The number of benzene rings is 2. The van der Waals surface area contributed by atoms with E-state index in [9.17, 15) is 14.4 Å². The van der Waals surface area contributed by atoms with Crippen LogP contribution in [0.3, 0.4) is 0 Å². The van der Waals surface area contributed by atoms with Gasteiger partial charge in [0.05, 0.1) is 6.61 Å². The van der Waals surface area contributed by atoms with Gasteiger partial charge in [0.15, 0.2) is 0 Å². The summed E-state index contributed by atoms with van der Waals surface area (Å²) in [6, 6.07) is 18.5. The van der Waals surface area contributed by atoms with Crippen molar-refractivity contribution in [2.24, 2.45) is 0 Å². The molecule has 8 heteroatoms. The number of nitrogens with one attached hydrogen (secondary N) is 3. The zero-order valence-electron chi connectivity index (χ0n) is 18.3. The van der Waals surface area contributed by atoms with Gasteiger partial charge in [-0.3, -0.25) is 14.9 Å². The van der Waals surface area contributed by atoms with Crippen molar-refractivity contribution in [1.82, 2.24) is 16.0 Å². The van der Waals surface area contributed by atoms with Crippen LogP contribution in [-0.4, -0.2) is 30.8 Å². The Labute approximate surface area is 188 Å². The first-order valence-corrected chi connectivity index (χ1v) is 10.7. The second-order valence-electron chi connectivity index (χ2n) is 7.25. The third-order valence-corrected chi connectivity index (χ3v) is 4.69. The number of unbranched alkanes of at least 4 members (excludes halogenated alkanes) is 1. The first kappa shape index (κ1) is 24.9. The monoisotopic (exact) mass is 441 g/mol. The van der Waals surface area contributed by atoms with Gasteiger partial charge in [-0.05, 0) is 17.5 Å². The molecule has 0 aliphatic rings. The van der Waals surface area contributed by atoms with Crippen LogP contribution in [0.2, 0.25) is 0 Å². The number of rotatable bonds is 14. The van der Waals surface area contributed by atoms with Gasteiger partial charge in [-0.1, -0.05) is 74.0 Å². The van der Waals surface area contributed by atoms with Crippen molar-refractivity contribution in [3.63, 3.8) is 0 Å². The zero-order chi connectivity index (χ0) is 23.1. The Bertz CT molecular complexity index is 832. The van der Waals surface area contributed by atoms with Crippen molar-refractivity contribution in [3.05, 3.63) is 71.8 Å². The summed E-state index contributed by atoms with van der Waals surface area (Å²) in [4.78, 5) is 36.1. The first-order chi connectivity index (χ1) is 15.6. The molecule has 0 fully saturated rings. The number of hydrogen-bond donors (Lipinski definition) is 3. The molecule has 0 saturated heterocycles. The van der Waals surface area contributed by atoms with Gasteiger partial charge in [-0.2, -0.15) is 0 Å². The lowest BCUT2D eigenvalue weighted by atomic mass is 10.2. The summed E-state index contributed by atoms with van der Waals surface area (Å²) in [5.41, 5.74) is 1.66. The molecule has 0 radical (unpaired) electrons. The molecule has 32 heavy (non-hydrogen) atoms. The summed E-state index contributed by atoms with van der Waals surface area (Å²) in [7, 11) is 0.